The van der Waals surface area contributed by atoms with Crippen LogP contribution in [-0.4, -0.2) is 20.4 Å². The van der Waals surface area contributed by atoms with Crippen LogP contribution < -0.4 is 14.9 Å². The summed E-state index contributed by atoms with van der Waals surface area (Å²) in [6.07, 6.45) is 0. The molecule has 1 heterocycles. The predicted octanol–water partition coefficient (Wildman–Crippen LogP) is 5.00. The van der Waals surface area contributed by atoms with Gasteiger partial charge in [0.05, 0.1) is 15.8 Å². The molecule has 4 aromatic rings. The van der Waals surface area contributed by atoms with Crippen molar-refractivity contribution in [3.63, 3.8) is 0 Å². The smallest absolute Gasteiger partial charge is 0.329 e. The Morgan fingerprint density at radius 2 is 1.66 bits per heavy atom. The fraction of sp³-hybridized carbons (Fsp3) is 0.154. The van der Waals surface area contributed by atoms with Crippen molar-refractivity contribution in [1.82, 2.24) is 4.72 Å². The fourth-order valence-electron chi connectivity index (χ4n) is 3.57. The van der Waals surface area contributed by atoms with E-state index in [9.17, 15) is 18.0 Å². The Kier molecular flexibility index (Phi) is 6.80. The Morgan fingerprint density at radius 3 is 2.31 bits per heavy atom. The second-order valence-electron chi connectivity index (χ2n) is 8.10. The molecule has 0 saturated heterocycles. The van der Waals surface area contributed by atoms with Gasteiger partial charge in [-0.1, -0.05) is 41.4 Å². The first kappa shape index (κ1) is 24.7. The number of carbonyl (C=O) groups excluding carboxylic acids is 1. The lowest BCUT2D eigenvalue weighted by Crippen LogP contribution is -2.40. The number of hydrogen-bond donors (Lipinski definition) is 1. The van der Waals surface area contributed by atoms with Gasteiger partial charge in [-0.05, 0) is 62.7 Å². The van der Waals surface area contributed by atoms with Crippen molar-refractivity contribution in [3.8, 4) is 16.9 Å². The molecular formula is C26H22ClNO6S. The zero-order valence-corrected chi connectivity index (χ0v) is 20.7. The van der Waals surface area contributed by atoms with E-state index in [-0.39, 0.29) is 21.7 Å². The van der Waals surface area contributed by atoms with Crippen molar-refractivity contribution in [1.29, 1.82) is 0 Å². The molecule has 0 fully saturated rings. The normalized spacial score (nSPS) is 12.5. The van der Waals surface area contributed by atoms with E-state index >= 15 is 0 Å². The fourth-order valence-corrected chi connectivity index (χ4v) is 4.89. The van der Waals surface area contributed by atoms with Gasteiger partial charge in [0.1, 0.15) is 23.1 Å². The van der Waals surface area contributed by atoms with Gasteiger partial charge >= 0.3 is 5.97 Å². The van der Waals surface area contributed by atoms with Crippen LogP contribution in [-0.2, 0) is 14.8 Å². The molecule has 0 aliphatic rings. The molecule has 35 heavy (non-hydrogen) atoms. The number of sulfonamides is 1. The maximum absolute atomic E-state index is 13.1. The molecular weight excluding hydrogens is 490 g/mol. The average molecular weight is 512 g/mol. The molecule has 0 aliphatic carbocycles. The minimum atomic E-state index is -3.91. The lowest BCUT2D eigenvalue weighted by Gasteiger charge is -2.14. The van der Waals surface area contributed by atoms with E-state index in [2.05, 4.69) is 4.72 Å². The lowest BCUT2D eigenvalue weighted by atomic mass is 10.0. The van der Waals surface area contributed by atoms with Crippen LogP contribution in [0.5, 0.6) is 5.75 Å². The Bertz CT molecular complexity index is 1580. The summed E-state index contributed by atoms with van der Waals surface area (Å²) in [6.45, 7) is 4.90. The molecule has 0 spiro atoms. The standard InChI is InChI=1S/C26H22ClNO6S/c1-15-4-11-21(12-5-15)35(31,32)28-16(2)26(30)34-20-10-13-22-23(14-20)33-17(3)24(25(22)29)18-6-8-19(27)9-7-18/h4-14,16,28H,1-3H3/t16-/m0/s1. The summed E-state index contributed by atoms with van der Waals surface area (Å²) in [5.74, 6) is -0.296. The molecule has 1 atom stereocenters. The SMILES string of the molecule is Cc1ccc(S(=O)(=O)N[C@@H](C)C(=O)Oc2ccc3c(=O)c(-c4ccc(Cl)cc4)c(C)oc3c2)cc1. The second-order valence-corrected chi connectivity index (χ2v) is 10.3. The monoisotopic (exact) mass is 511 g/mol. The number of benzene rings is 3. The summed E-state index contributed by atoms with van der Waals surface area (Å²) in [5.41, 5.74) is 2.01. The molecule has 0 saturated carbocycles. The third-order valence-corrected chi connectivity index (χ3v) is 7.22. The molecule has 1 aromatic heterocycles. The topological polar surface area (TPSA) is 103 Å². The van der Waals surface area contributed by atoms with Crippen molar-refractivity contribution >= 4 is 38.6 Å². The van der Waals surface area contributed by atoms with Crippen molar-refractivity contribution in [2.24, 2.45) is 0 Å². The van der Waals surface area contributed by atoms with Gasteiger partial charge in [-0.2, -0.15) is 4.72 Å². The van der Waals surface area contributed by atoms with Crippen LogP contribution in [0.1, 0.15) is 18.2 Å². The van der Waals surface area contributed by atoms with Gasteiger partial charge in [-0.25, -0.2) is 13.2 Å². The number of carbonyl (C=O) groups is 1. The average Bonchev–Trinajstić information content (AvgIpc) is 2.80. The largest absolute Gasteiger partial charge is 0.460 e. The van der Waals surface area contributed by atoms with Crippen LogP contribution >= 0.6 is 11.6 Å². The maximum atomic E-state index is 13.1. The van der Waals surface area contributed by atoms with Gasteiger partial charge in [0, 0.05) is 11.1 Å². The van der Waals surface area contributed by atoms with Crippen LogP contribution in [0.2, 0.25) is 5.02 Å². The summed E-state index contributed by atoms with van der Waals surface area (Å²) in [4.78, 5) is 25.7. The molecule has 0 unspecified atom stereocenters. The first-order chi connectivity index (χ1) is 16.5. The number of fused-ring (bicyclic) bond motifs is 1. The number of aryl methyl sites for hydroxylation is 2. The summed E-state index contributed by atoms with van der Waals surface area (Å²) >= 11 is 5.95. The third-order valence-electron chi connectivity index (χ3n) is 5.41. The Morgan fingerprint density at radius 1 is 1.00 bits per heavy atom. The maximum Gasteiger partial charge on any atom is 0.329 e. The van der Waals surface area contributed by atoms with Gasteiger partial charge in [0.15, 0.2) is 0 Å². The van der Waals surface area contributed by atoms with Crippen molar-refractivity contribution in [2.75, 3.05) is 0 Å². The summed E-state index contributed by atoms with van der Waals surface area (Å²) in [7, 11) is -3.91. The van der Waals surface area contributed by atoms with E-state index in [0.717, 1.165) is 5.56 Å². The van der Waals surface area contributed by atoms with Crippen molar-refractivity contribution in [2.45, 2.75) is 31.7 Å². The lowest BCUT2D eigenvalue weighted by molar-refractivity contribution is -0.135. The van der Waals surface area contributed by atoms with Crippen LogP contribution in [0.4, 0.5) is 0 Å². The highest BCUT2D eigenvalue weighted by atomic mass is 35.5. The molecule has 1 N–H and O–H groups in total. The van der Waals surface area contributed by atoms with Gasteiger partial charge in [-0.15, -0.1) is 0 Å². The van der Waals surface area contributed by atoms with Crippen molar-refractivity contribution in [3.05, 3.63) is 93.3 Å². The summed E-state index contributed by atoms with van der Waals surface area (Å²) in [6, 6.07) is 16.3. The highest BCUT2D eigenvalue weighted by Crippen LogP contribution is 2.27. The first-order valence-corrected chi connectivity index (χ1v) is 12.6. The molecule has 180 valence electrons. The first-order valence-electron chi connectivity index (χ1n) is 10.7. The molecule has 9 heteroatoms. The highest BCUT2D eigenvalue weighted by molar-refractivity contribution is 7.89. The van der Waals surface area contributed by atoms with Gasteiger partial charge in [0.25, 0.3) is 0 Å². The Labute approximate surface area is 207 Å². The van der Waals surface area contributed by atoms with E-state index in [1.165, 1.54) is 37.3 Å². The van der Waals surface area contributed by atoms with Gasteiger partial charge in [0.2, 0.25) is 15.5 Å². The Hall–Kier alpha value is -3.46. The predicted molar refractivity (Wildman–Crippen MR) is 134 cm³/mol. The van der Waals surface area contributed by atoms with E-state index in [1.54, 1.807) is 43.3 Å². The zero-order valence-electron chi connectivity index (χ0n) is 19.2. The molecule has 0 radical (unpaired) electrons. The van der Waals surface area contributed by atoms with Crippen LogP contribution in [0.25, 0.3) is 22.1 Å². The van der Waals surface area contributed by atoms with Crippen LogP contribution in [0.15, 0.2) is 80.8 Å². The molecule has 3 aromatic carbocycles. The number of ether oxygens (including phenoxy) is 1. The van der Waals surface area contributed by atoms with Crippen LogP contribution in [0, 0.1) is 13.8 Å². The number of rotatable bonds is 6. The molecule has 0 bridgehead atoms. The van der Waals surface area contributed by atoms with Gasteiger partial charge < -0.3 is 9.15 Å². The van der Waals surface area contributed by atoms with E-state index in [0.29, 0.717) is 27.3 Å². The van der Waals surface area contributed by atoms with E-state index in [4.69, 9.17) is 20.8 Å². The number of halogens is 1. The number of esters is 1. The van der Waals surface area contributed by atoms with Crippen molar-refractivity contribution < 1.29 is 22.4 Å². The van der Waals surface area contributed by atoms with E-state index in [1.807, 2.05) is 6.92 Å². The number of hydrogen-bond acceptors (Lipinski definition) is 6. The molecule has 0 amide bonds. The summed E-state index contributed by atoms with van der Waals surface area (Å²) < 4.78 is 38.6. The summed E-state index contributed by atoms with van der Waals surface area (Å²) in [5, 5.41) is 0.867. The molecule has 7 nitrogen and oxygen atoms in total. The minimum absolute atomic E-state index is 0.0437. The molecule has 4 rings (SSSR count). The van der Waals surface area contributed by atoms with E-state index < -0.39 is 22.0 Å². The van der Waals surface area contributed by atoms with Crippen LogP contribution in [0.3, 0.4) is 0 Å². The quantitative estimate of drug-likeness (QED) is 0.288. The minimum Gasteiger partial charge on any atom is -0.460 e. The van der Waals surface area contributed by atoms with Gasteiger partial charge in [-0.3, -0.25) is 4.79 Å². The zero-order chi connectivity index (χ0) is 25.3. The molecule has 0 aliphatic heterocycles. The second kappa shape index (κ2) is 9.65. The highest BCUT2D eigenvalue weighted by Gasteiger charge is 2.24. The third kappa shape index (κ3) is 5.30. The number of nitrogens with one attached hydrogen (secondary N) is 1. The Balaban J connectivity index is 1.56.